The Balaban J connectivity index is 2.39. The van der Waals surface area contributed by atoms with E-state index in [0.717, 1.165) is 25.7 Å². The first-order chi connectivity index (χ1) is 10.1. The van der Waals surface area contributed by atoms with Crippen molar-refractivity contribution in [1.82, 2.24) is 9.96 Å². The standard InChI is InChI=1S/C16H30N2O4/c1-16(2,3)22-15(20)17(4)11-12-7-9-13(10-8-12)14(19)18(5)21-6/h12-13H,7-11H2,1-6H3/t12-,13-. The molecule has 1 fully saturated rings. The molecule has 0 aliphatic heterocycles. The van der Waals surface area contributed by atoms with Gasteiger partial charge in [-0.1, -0.05) is 0 Å². The topological polar surface area (TPSA) is 59.1 Å². The summed E-state index contributed by atoms with van der Waals surface area (Å²) in [6.07, 6.45) is 3.30. The van der Waals surface area contributed by atoms with Crippen molar-refractivity contribution in [3.05, 3.63) is 0 Å². The second kappa shape index (κ2) is 7.81. The van der Waals surface area contributed by atoms with E-state index >= 15 is 0 Å². The highest BCUT2D eigenvalue weighted by Crippen LogP contribution is 2.30. The van der Waals surface area contributed by atoms with Crippen LogP contribution in [-0.4, -0.2) is 55.3 Å². The Morgan fingerprint density at radius 2 is 1.64 bits per heavy atom. The van der Waals surface area contributed by atoms with E-state index in [1.165, 1.54) is 12.2 Å². The average Bonchev–Trinajstić information content (AvgIpc) is 2.44. The molecule has 0 unspecified atom stereocenters. The second-order valence-corrected chi connectivity index (χ2v) is 7.10. The summed E-state index contributed by atoms with van der Waals surface area (Å²) in [4.78, 5) is 30.6. The third-order valence-corrected chi connectivity index (χ3v) is 4.02. The summed E-state index contributed by atoms with van der Waals surface area (Å²) in [7, 11) is 4.91. The largest absolute Gasteiger partial charge is 0.444 e. The van der Waals surface area contributed by atoms with E-state index in [4.69, 9.17) is 9.57 Å². The molecule has 1 saturated carbocycles. The Kier molecular flexibility index (Phi) is 6.66. The van der Waals surface area contributed by atoms with E-state index in [9.17, 15) is 9.59 Å². The zero-order chi connectivity index (χ0) is 16.9. The summed E-state index contributed by atoms with van der Waals surface area (Å²) >= 11 is 0. The summed E-state index contributed by atoms with van der Waals surface area (Å²) in [6, 6.07) is 0. The minimum Gasteiger partial charge on any atom is -0.444 e. The molecule has 6 nitrogen and oxygen atoms in total. The number of nitrogens with zero attached hydrogens (tertiary/aromatic N) is 2. The molecule has 0 spiro atoms. The zero-order valence-corrected chi connectivity index (χ0v) is 14.7. The van der Waals surface area contributed by atoms with Crippen LogP contribution in [0.2, 0.25) is 0 Å². The van der Waals surface area contributed by atoms with Gasteiger partial charge >= 0.3 is 6.09 Å². The monoisotopic (exact) mass is 314 g/mol. The Morgan fingerprint density at radius 3 is 2.09 bits per heavy atom. The first-order valence-corrected chi connectivity index (χ1v) is 7.90. The molecule has 0 radical (unpaired) electrons. The van der Waals surface area contributed by atoms with Gasteiger partial charge in [0.1, 0.15) is 5.60 Å². The summed E-state index contributed by atoms with van der Waals surface area (Å²) in [6.45, 7) is 6.27. The normalized spacial score (nSPS) is 22.1. The van der Waals surface area contributed by atoms with Crippen molar-refractivity contribution in [2.24, 2.45) is 11.8 Å². The van der Waals surface area contributed by atoms with Crippen molar-refractivity contribution in [2.45, 2.75) is 52.1 Å². The van der Waals surface area contributed by atoms with Crippen molar-refractivity contribution in [2.75, 3.05) is 27.7 Å². The van der Waals surface area contributed by atoms with Crippen molar-refractivity contribution in [3.8, 4) is 0 Å². The number of carbonyl (C=O) groups is 2. The fourth-order valence-electron chi connectivity index (χ4n) is 2.74. The highest BCUT2D eigenvalue weighted by atomic mass is 16.7. The Hall–Kier alpha value is -1.30. The van der Waals surface area contributed by atoms with Crippen LogP contribution < -0.4 is 0 Å². The lowest BCUT2D eigenvalue weighted by molar-refractivity contribution is -0.174. The molecule has 1 aliphatic carbocycles. The fraction of sp³-hybridized carbons (Fsp3) is 0.875. The molecule has 0 aromatic rings. The summed E-state index contributed by atoms with van der Waals surface area (Å²) in [5.41, 5.74) is -0.472. The van der Waals surface area contributed by atoms with Gasteiger partial charge in [0.15, 0.2) is 0 Å². The maximum Gasteiger partial charge on any atom is 0.410 e. The van der Waals surface area contributed by atoms with Crippen LogP contribution >= 0.6 is 0 Å². The molecular formula is C16H30N2O4. The van der Waals surface area contributed by atoms with E-state index < -0.39 is 5.60 Å². The van der Waals surface area contributed by atoms with E-state index in [2.05, 4.69) is 0 Å². The van der Waals surface area contributed by atoms with Crippen LogP contribution in [0, 0.1) is 11.8 Å². The molecule has 6 heteroatoms. The van der Waals surface area contributed by atoms with Gasteiger partial charge in [-0.15, -0.1) is 0 Å². The van der Waals surface area contributed by atoms with Crippen molar-refractivity contribution >= 4 is 12.0 Å². The minimum atomic E-state index is -0.472. The van der Waals surface area contributed by atoms with Crippen LogP contribution in [0.25, 0.3) is 0 Å². The van der Waals surface area contributed by atoms with Crippen molar-refractivity contribution in [1.29, 1.82) is 0 Å². The number of ether oxygens (including phenoxy) is 1. The van der Waals surface area contributed by atoms with Gasteiger partial charge in [-0.25, -0.2) is 9.86 Å². The predicted molar refractivity (Wildman–Crippen MR) is 84.1 cm³/mol. The molecule has 0 bridgehead atoms. The number of hydroxylamine groups is 2. The van der Waals surface area contributed by atoms with E-state index in [1.54, 1.807) is 19.0 Å². The number of amides is 2. The summed E-state index contributed by atoms with van der Waals surface area (Å²) in [5, 5.41) is 1.30. The van der Waals surface area contributed by atoms with Crippen molar-refractivity contribution in [3.63, 3.8) is 0 Å². The van der Waals surface area contributed by atoms with Crippen LogP contribution in [0.15, 0.2) is 0 Å². The van der Waals surface area contributed by atoms with Crippen molar-refractivity contribution < 1.29 is 19.2 Å². The number of hydrogen-bond acceptors (Lipinski definition) is 4. The maximum absolute atomic E-state index is 12.0. The highest BCUT2D eigenvalue weighted by Gasteiger charge is 2.30. The van der Waals surface area contributed by atoms with Crippen LogP contribution in [0.1, 0.15) is 46.5 Å². The van der Waals surface area contributed by atoms with Crippen LogP contribution in [0.3, 0.4) is 0 Å². The van der Waals surface area contributed by atoms with Gasteiger partial charge in [-0.05, 0) is 52.4 Å². The smallest absolute Gasteiger partial charge is 0.410 e. The van der Waals surface area contributed by atoms with Gasteiger partial charge in [0.25, 0.3) is 0 Å². The molecule has 0 aromatic heterocycles. The molecule has 22 heavy (non-hydrogen) atoms. The van der Waals surface area contributed by atoms with Gasteiger partial charge in [-0.3, -0.25) is 9.63 Å². The van der Waals surface area contributed by atoms with E-state index in [0.29, 0.717) is 12.5 Å². The third-order valence-electron chi connectivity index (χ3n) is 4.02. The van der Waals surface area contributed by atoms with Gasteiger partial charge in [-0.2, -0.15) is 0 Å². The SMILES string of the molecule is CON(C)C(=O)[C@H]1CC[C@H](CN(C)C(=O)OC(C)(C)C)CC1. The Morgan fingerprint density at radius 1 is 1.09 bits per heavy atom. The summed E-state index contributed by atoms with van der Waals surface area (Å²) in [5.74, 6) is 0.504. The Bertz CT molecular complexity index is 384. The van der Waals surface area contributed by atoms with Gasteiger partial charge < -0.3 is 9.64 Å². The van der Waals surface area contributed by atoms with Crippen LogP contribution in [-0.2, 0) is 14.4 Å². The lowest BCUT2D eigenvalue weighted by Crippen LogP contribution is -2.39. The molecule has 0 N–H and O–H groups in total. The molecular weight excluding hydrogens is 284 g/mol. The Labute approximate surface area is 133 Å². The molecule has 0 saturated heterocycles. The first kappa shape index (κ1) is 18.7. The third kappa shape index (κ3) is 5.83. The molecule has 0 aromatic carbocycles. The van der Waals surface area contributed by atoms with Gasteiger partial charge in [0, 0.05) is 26.6 Å². The number of hydrogen-bond donors (Lipinski definition) is 0. The fourth-order valence-corrected chi connectivity index (χ4v) is 2.74. The van der Waals surface area contributed by atoms with Gasteiger partial charge in [0.2, 0.25) is 5.91 Å². The first-order valence-electron chi connectivity index (χ1n) is 7.90. The minimum absolute atomic E-state index is 0.0352. The molecule has 128 valence electrons. The molecule has 0 atom stereocenters. The van der Waals surface area contributed by atoms with Crippen LogP contribution in [0.5, 0.6) is 0 Å². The summed E-state index contributed by atoms with van der Waals surface area (Å²) < 4.78 is 5.36. The second-order valence-electron chi connectivity index (χ2n) is 7.10. The number of rotatable bonds is 4. The lowest BCUT2D eigenvalue weighted by Gasteiger charge is -2.32. The average molecular weight is 314 g/mol. The molecule has 0 heterocycles. The molecule has 1 aliphatic rings. The molecule has 2 amide bonds. The zero-order valence-electron chi connectivity index (χ0n) is 14.7. The van der Waals surface area contributed by atoms with Gasteiger partial charge in [0.05, 0.1) is 7.11 Å². The molecule has 1 rings (SSSR count). The van der Waals surface area contributed by atoms with E-state index in [1.807, 2.05) is 20.8 Å². The van der Waals surface area contributed by atoms with Crippen LogP contribution in [0.4, 0.5) is 4.79 Å². The lowest BCUT2D eigenvalue weighted by atomic mass is 9.81. The maximum atomic E-state index is 12.0. The highest BCUT2D eigenvalue weighted by molar-refractivity contribution is 5.77. The quantitative estimate of drug-likeness (QED) is 0.749. The number of carbonyl (C=O) groups excluding carboxylic acids is 2. The predicted octanol–water partition coefficient (Wildman–Crippen LogP) is 2.68. The van der Waals surface area contributed by atoms with E-state index in [-0.39, 0.29) is 17.9 Å².